The van der Waals surface area contributed by atoms with Gasteiger partial charge in [-0.1, -0.05) is 16.1 Å². The van der Waals surface area contributed by atoms with Crippen molar-refractivity contribution in [1.29, 1.82) is 0 Å². The first-order valence-corrected chi connectivity index (χ1v) is 5.75. The quantitative estimate of drug-likeness (QED) is 0.847. The summed E-state index contributed by atoms with van der Waals surface area (Å²) in [7, 11) is 1.89. The fraction of sp³-hybridized carbons (Fsp3) is 0.200. The molecule has 0 aliphatic rings. The number of aromatic nitrogens is 2. The van der Waals surface area contributed by atoms with E-state index >= 15 is 0 Å². The van der Waals surface area contributed by atoms with Crippen LogP contribution in [0.2, 0.25) is 4.34 Å². The van der Waals surface area contributed by atoms with Crippen LogP contribution in [0.25, 0.3) is 0 Å². The average molecular weight is 258 g/mol. The van der Waals surface area contributed by atoms with Crippen LogP contribution in [0.5, 0.6) is 0 Å². The SMILES string of the molecule is CN(Cc1nnsc1Cl)c1ccc(F)cc1. The van der Waals surface area contributed by atoms with E-state index in [9.17, 15) is 4.39 Å². The fourth-order valence-corrected chi connectivity index (χ4v) is 1.91. The Labute approximate surface area is 102 Å². The van der Waals surface area contributed by atoms with Crippen LogP contribution in [0.1, 0.15) is 5.69 Å². The largest absolute Gasteiger partial charge is 0.369 e. The van der Waals surface area contributed by atoms with Gasteiger partial charge in [-0.2, -0.15) is 0 Å². The number of halogens is 2. The summed E-state index contributed by atoms with van der Waals surface area (Å²) in [6.45, 7) is 0.557. The molecule has 1 aromatic heterocycles. The molecule has 1 aromatic carbocycles. The van der Waals surface area contributed by atoms with E-state index in [2.05, 4.69) is 9.59 Å². The van der Waals surface area contributed by atoms with Gasteiger partial charge in [0.15, 0.2) is 0 Å². The van der Waals surface area contributed by atoms with Gasteiger partial charge in [-0.3, -0.25) is 0 Å². The topological polar surface area (TPSA) is 29.0 Å². The number of anilines is 1. The summed E-state index contributed by atoms with van der Waals surface area (Å²) in [5.41, 5.74) is 1.64. The second-order valence-electron chi connectivity index (χ2n) is 3.33. The Morgan fingerprint density at radius 2 is 2.06 bits per heavy atom. The van der Waals surface area contributed by atoms with E-state index in [4.69, 9.17) is 11.6 Å². The predicted molar refractivity (Wildman–Crippen MR) is 63.4 cm³/mol. The Morgan fingerprint density at radius 1 is 1.38 bits per heavy atom. The Hall–Kier alpha value is -1.20. The van der Waals surface area contributed by atoms with Crippen LogP contribution in [-0.2, 0) is 6.54 Å². The third kappa shape index (κ3) is 2.48. The van der Waals surface area contributed by atoms with Crippen LogP contribution in [0.3, 0.4) is 0 Å². The standard InChI is InChI=1S/C10H9ClFN3S/c1-15(6-9-10(11)16-14-13-9)8-4-2-7(12)3-5-8/h2-5H,6H2,1H3. The van der Waals surface area contributed by atoms with Crippen LogP contribution >= 0.6 is 23.1 Å². The van der Waals surface area contributed by atoms with Gasteiger partial charge in [0.05, 0.1) is 6.54 Å². The third-order valence-corrected chi connectivity index (χ3v) is 3.15. The van der Waals surface area contributed by atoms with E-state index < -0.39 is 0 Å². The number of benzene rings is 1. The van der Waals surface area contributed by atoms with E-state index in [1.165, 1.54) is 12.1 Å². The van der Waals surface area contributed by atoms with Gasteiger partial charge in [0.25, 0.3) is 0 Å². The van der Waals surface area contributed by atoms with Gasteiger partial charge < -0.3 is 4.90 Å². The summed E-state index contributed by atoms with van der Waals surface area (Å²) in [6.07, 6.45) is 0. The average Bonchev–Trinajstić information content (AvgIpc) is 2.65. The van der Waals surface area contributed by atoms with Crippen LogP contribution in [0.4, 0.5) is 10.1 Å². The van der Waals surface area contributed by atoms with Gasteiger partial charge >= 0.3 is 0 Å². The number of hydrogen-bond donors (Lipinski definition) is 0. The molecular formula is C10H9ClFN3S. The number of hydrogen-bond acceptors (Lipinski definition) is 4. The maximum atomic E-state index is 12.7. The lowest BCUT2D eigenvalue weighted by atomic mass is 10.3. The van der Waals surface area contributed by atoms with E-state index in [1.54, 1.807) is 12.1 Å². The van der Waals surface area contributed by atoms with Crippen molar-refractivity contribution in [1.82, 2.24) is 9.59 Å². The van der Waals surface area contributed by atoms with Crippen molar-refractivity contribution in [3.05, 3.63) is 40.1 Å². The van der Waals surface area contributed by atoms with Gasteiger partial charge in [-0.05, 0) is 24.3 Å². The van der Waals surface area contributed by atoms with E-state index in [-0.39, 0.29) is 5.82 Å². The van der Waals surface area contributed by atoms with E-state index in [1.807, 2.05) is 11.9 Å². The molecule has 0 unspecified atom stereocenters. The fourth-order valence-electron chi connectivity index (χ4n) is 1.30. The molecule has 0 fully saturated rings. The monoisotopic (exact) mass is 257 g/mol. The predicted octanol–water partition coefficient (Wildman–Crippen LogP) is 2.97. The van der Waals surface area contributed by atoms with Gasteiger partial charge in [0.2, 0.25) is 0 Å². The molecule has 6 heteroatoms. The molecule has 2 rings (SSSR count). The van der Waals surface area contributed by atoms with Crippen LogP contribution < -0.4 is 4.90 Å². The molecule has 0 saturated heterocycles. The number of rotatable bonds is 3. The Morgan fingerprint density at radius 3 is 2.62 bits per heavy atom. The lowest BCUT2D eigenvalue weighted by Crippen LogP contribution is -2.16. The highest BCUT2D eigenvalue weighted by molar-refractivity contribution is 7.10. The number of nitrogens with zero attached hydrogens (tertiary/aromatic N) is 3. The smallest absolute Gasteiger partial charge is 0.139 e. The highest BCUT2D eigenvalue weighted by Crippen LogP contribution is 2.21. The van der Waals surface area contributed by atoms with Crippen LogP contribution in [0.15, 0.2) is 24.3 Å². The van der Waals surface area contributed by atoms with E-state index in [0.717, 1.165) is 22.9 Å². The summed E-state index contributed by atoms with van der Waals surface area (Å²) in [5, 5.41) is 3.92. The third-order valence-electron chi connectivity index (χ3n) is 2.16. The summed E-state index contributed by atoms with van der Waals surface area (Å²) in [6, 6.07) is 6.27. The van der Waals surface area contributed by atoms with Crippen LogP contribution in [-0.4, -0.2) is 16.6 Å². The maximum Gasteiger partial charge on any atom is 0.139 e. The van der Waals surface area contributed by atoms with Crippen LogP contribution in [0, 0.1) is 5.82 Å². The molecule has 0 bridgehead atoms. The molecule has 0 amide bonds. The summed E-state index contributed by atoms with van der Waals surface area (Å²) >= 11 is 7.07. The molecule has 3 nitrogen and oxygen atoms in total. The second-order valence-corrected chi connectivity index (χ2v) is 4.68. The molecule has 0 radical (unpaired) electrons. The highest BCUT2D eigenvalue weighted by Gasteiger charge is 2.09. The second kappa shape index (κ2) is 4.76. The molecule has 0 aliphatic carbocycles. The van der Waals surface area contributed by atoms with Crippen molar-refractivity contribution < 1.29 is 4.39 Å². The van der Waals surface area contributed by atoms with Crippen molar-refractivity contribution in [2.45, 2.75) is 6.54 Å². The molecule has 2 aromatic rings. The Balaban J connectivity index is 2.11. The van der Waals surface area contributed by atoms with Gasteiger partial charge in [-0.15, -0.1) is 5.10 Å². The first-order valence-electron chi connectivity index (χ1n) is 4.60. The molecule has 1 heterocycles. The summed E-state index contributed by atoms with van der Waals surface area (Å²) < 4.78 is 17.1. The normalized spacial score (nSPS) is 10.4. The lowest BCUT2D eigenvalue weighted by molar-refractivity contribution is 0.627. The molecule has 0 N–H and O–H groups in total. The highest BCUT2D eigenvalue weighted by atomic mass is 35.5. The van der Waals surface area contributed by atoms with Crippen molar-refractivity contribution in [2.75, 3.05) is 11.9 Å². The molecular weight excluding hydrogens is 249 g/mol. The van der Waals surface area contributed by atoms with Gasteiger partial charge in [0.1, 0.15) is 15.8 Å². The summed E-state index contributed by atoms with van der Waals surface area (Å²) in [5.74, 6) is -0.245. The Kier molecular flexibility index (Phi) is 3.36. The molecule has 0 spiro atoms. The first-order chi connectivity index (χ1) is 7.66. The van der Waals surface area contributed by atoms with Crippen molar-refractivity contribution >= 4 is 28.8 Å². The molecule has 0 atom stereocenters. The zero-order valence-corrected chi connectivity index (χ0v) is 10.1. The summed E-state index contributed by atoms with van der Waals surface area (Å²) in [4.78, 5) is 1.93. The molecule has 16 heavy (non-hydrogen) atoms. The first kappa shape index (κ1) is 11.3. The van der Waals surface area contributed by atoms with Crippen molar-refractivity contribution in [3.8, 4) is 0 Å². The molecule has 84 valence electrons. The minimum atomic E-state index is -0.245. The maximum absolute atomic E-state index is 12.7. The molecule has 0 aliphatic heterocycles. The lowest BCUT2D eigenvalue weighted by Gasteiger charge is -2.17. The van der Waals surface area contributed by atoms with Crippen molar-refractivity contribution in [2.24, 2.45) is 0 Å². The zero-order chi connectivity index (χ0) is 11.5. The Bertz CT molecular complexity index is 471. The van der Waals surface area contributed by atoms with Gasteiger partial charge in [0, 0.05) is 24.3 Å². The van der Waals surface area contributed by atoms with Crippen molar-refractivity contribution in [3.63, 3.8) is 0 Å². The van der Waals surface area contributed by atoms with E-state index in [0.29, 0.717) is 10.9 Å². The zero-order valence-electron chi connectivity index (χ0n) is 8.52. The minimum absolute atomic E-state index is 0.245. The minimum Gasteiger partial charge on any atom is -0.369 e. The van der Waals surface area contributed by atoms with Gasteiger partial charge in [-0.25, -0.2) is 4.39 Å². The molecule has 0 saturated carbocycles.